The monoisotopic (exact) mass is 547 g/mol. The average molecular weight is 544 g/mol. The molecule has 0 aliphatic rings. The molecule has 0 saturated heterocycles. The topological polar surface area (TPSA) is 69.4 Å². The van der Waals surface area contributed by atoms with Crippen LogP contribution in [0.25, 0.3) is 6.08 Å². The lowest BCUT2D eigenvalue weighted by molar-refractivity contribution is -0.137. The molecule has 0 heterocycles. The molecule has 2 rings (SSSR count). The molecule has 0 spiro atoms. The lowest BCUT2D eigenvalue weighted by Crippen LogP contribution is -2.78. The smallest absolute Gasteiger partial charge is 0.416 e. The number of benzene rings is 2. The Kier molecular flexibility index (Phi) is 16.5. The van der Waals surface area contributed by atoms with Crippen LogP contribution in [0.5, 0.6) is 5.75 Å². The van der Waals surface area contributed by atoms with Crippen LogP contribution in [0.1, 0.15) is 21.5 Å². The van der Waals surface area contributed by atoms with Crippen molar-refractivity contribution in [2.75, 3.05) is 6.61 Å². The maximum Gasteiger partial charge on any atom is 0.416 e. The maximum absolute atomic E-state index is 12.7. The molecule has 4 nitrogen and oxygen atoms in total. The largest absolute Gasteiger partial charge is 0.484 e. The van der Waals surface area contributed by atoms with E-state index in [1.54, 1.807) is 12.1 Å². The lowest BCUT2D eigenvalue weighted by atomic mass is 8.41. The fraction of sp³-hybridized carbons (Fsp3) is 0.111. The normalized spacial score (nSPS) is 10.5. The molecular weight excluding hydrogens is 530 g/mol. The van der Waals surface area contributed by atoms with Gasteiger partial charge in [-0.25, -0.2) is 0 Å². The van der Waals surface area contributed by atoms with Crippen molar-refractivity contribution in [2.24, 2.45) is 5.73 Å². The van der Waals surface area contributed by atoms with Gasteiger partial charge in [-0.2, -0.15) is 13.2 Å². The van der Waals surface area contributed by atoms with Crippen LogP contribution in [-0.2, 0) is 11.0 Å². The molecule has 0 saturated carbocycles. The second kappa shape index (κ2) is 18.1. The van der Waals surface area contributed by atoms with Gasteiger partial charge in [0.2, 0.25) is 0 Å². The van der Waals surface area contributed by atoms with Gasteiger partial charge in [0.1, 0.15) is 5.75 Å². The molecule has 25 heteroatoms. The van der Waals surface area contributed by atoms with E-state index in [1.807, 2.05) is 0 Å². The predicted octanol–water partition coefficient (Wildman–Crippen LogP) is -3.39. The Morgan fingerprint density at radius 3 is 1.67 bits per heavy atom. The Morgan fingerprint density at radius 2 is 1.23 bits per heavy atom. The minimum Gasteiger partial charge on any atom is -0.484 e. The summed E-state index contributed by atoms with van der Waals surface area (Å²) >= 11 is 0. The zero-order valence-electron chi connectivity index (χ0n) is 23.3. The molecule has 0 unspecified atom stereocenters. The van der Waals surface area contributed by atoms with Crippen molar-refractivity contribution < 1.29 is 27.5 Å². The van der Waals surface area contributed by atoms with E-state index >= 15 is 0 Å². The first kappa shape index (κ1) is 39.1. The second-order valence-electron chi connectivity index (χ2n) is 9.72. The number of carbonyl (C=O) groups excluding carboxylic acids is 2. The predicted molar refractivity (Wildman–Crippen MR) is 190 cm³/mol. The SMILES string of the molecule is NC(=O)COc1cccc(C(=O)/C=C/c2cccc(C(F)(F)F)c2)c1.[B]B([B])B(B([B])[B])B(B([B])[B])B(B([B])[B])B([B])[B]. The van der Waals surface area contributed by atoms with Crippen LogP contribution in [-0.4, -0.2) is 147 Å². The van der Waals surface area contributed by atoms with Gasteiger partial charge in [0.05, 0.1) is 5.56 Å². The Bertz CT molecular complexity index is 1180. The van der Waals surface area contributed by atoms with Crippen LogP contribution in [0.15, 0.2) is 54.6 Å². The van der Waals surface area contributed by atoms with E-state index in [-0.39, 0.29) is 23.5 Å². The van der Waals surface area contributed by atoms with Crippen LogP contribution in [0.3, 0.4) is 0 Å². The van der Waals surface area contributed by atoms with E-state index in [0.29, 0.717) is 0 Å². The highest BCUT2D eigenvalue weighted by atomic mass is 19.4. The van der Waals surface area contributed by atoms with Gasteiger partial charge in [-0.05, 0) is 35.9 Å². The molecule has 0 aromatic heterocycles. The summed E-state index contributed by atoms with van der Waals surface area (Å²) in [5.41, 5.74) is 4.71. The van der Waals surface area contributed by atoms with E-state index in [2.05, 4.69) is 0 Å². The Hall–Kier alpha value is -1.92. The van der Waals surface area contributed by atoms with Crippen LogP contribution < -0.4 is 10.5 Å². The molecule has 0 aliphatic heterocycles. The molecule has 0 atom stereocenters. The number of ketones is 1. The van der Waals surface area contributed by atoms with Gasteiger partial charge < -0.3 is 10.5 Å². The quantitative estimate of drug-likeness (QED) is 0.163. The molecule has 184 valence electrons. The van der Waals surface area contributed by atoms with Crippen molar-refractivity contribution in [3.8, 4) is 5.75 Å². The number of ether oxygens (including phenoxy) is 1. The number of primary amides is 1. The summed E-state index contributed by atoms with van der Waals surface area (Å²) in [5, 5.41) is 0. The zero-order valence-corrected chi connectivity index (χ0v) is 23.3. The molecular formula is C18H14B18F3NO3. The summed E-state index contributed by atoms with van der Waals surface area (Å²) in [6.07, 6.45) is -8.02. The van der Waals surface area contributed by atoms with E-state index in [1.165, 1.54) is 36.4 Å². The van der Waals surface area contributed by atoms with Crippen molar-refractivity contribution in [3.63, 3.8) is 0 Å². The van der Waals surface area contributed by atoms with Gasteiger partial charge in [0.25, 0.3) is 5.91 Å². The average Bonchev–Trinajstić information content (AvgIpc) is 2.89. The van der Waals surface area contributed by atoms with Crippen LogP contribution in [0, 0.1) is 0 Å². The van der Waals surface area contributed by atoms with E-state index in [4.69, 9.17) is 87.8 Å². The summed E-state index contributed by atoms with van der Waals surface area (Å²) in [7, 11) is 56.7. The molecule has 2 aromatic rings. The van der Waals surface area contributed by atoms with Crippen molar-refractivity contribution in [1.29, 1.82) is 0 Å². The van der Waals surface area contributed by atoms with Crippen LogP contribution in [0.2, 0.25) is 0 Å². The zero-order chi connectivity index (χ0) is 33.1. The molecule has 0 bridgehead atoms. The highest BCUT2D eigenvalue weighted by Crippen LogP contribution is 2.29. The number of amides is 1. The van der Waals surface area contributed by atoms with Gasteiger partial charge in [0.15, 0.2) is 12.4 Å². The second-order valence-corrected chi connectivity index (χ2v) is 9.72. The summed E-state index contributed by atoms with van der Waals surface area (Å²) in [6.45, 7) is -0.322. The summed E-state index contributed by atoms with van der Waals surface area (Å²) in [5.74, 6) is -0.778. The fourth-order valence-electron chi connectivity index (χ4n) is 4.29. The minimum atomic E-state index is -4.44. The highest BCUT2D eigenvalue weighted by molar-refractivity contribution is 8.17. The van der Waals surface area contributed by atoms with Gasteiger partial charge in [-0.1, -0.05) is 30.3 Å². The molecule has 43 heavy (non-hydrogen) atoms. The van der Waals surface area contributed by atoms with Gasteiger partial charge in [-0.3, -0.25) is 9.59 Å². The number of rotatable bonds is 13. The molecule has 2 aromatic carbocycles. The first-order chi connectivity index (χ1) is 19.9. The number of carbonyl (C=O) groups is 2. The van der Waals surface area contributed by atoms with Crippen LogP contribution in [0.4, 0.5) is 13.2 Å². The summed E-state index contributed by atoms with van der Waals surface area (Å²) in [4.78, 5) is 22.8. The van der Waals surface area contributed by atoms with Gasteiger partial charge >= 0.3 is 6.18 Å². The number of halogens is 3. The standard InChI is InChI=1S/C18H14F3NO3.B18/c19-18(20,21)14-5-1-3-12(9-14)7-8-16(23)13-4-2-6-15(10-13)25-11-17(22)24;1-11(2)16(12(3)4)18(15(9)10)17(13(5)6)14(7)8/h1-10H,11H2,(H2,22,24);/b8-7+;. The number of alkyl halides is 3. The van der Waals surface area contributed by atoms with Crippen molar-refractivity contribution in [1.82, 2.24) is 0 Å². The Labute approximate surface area is 268 Å². The molecule has 2 N–H and O–H groups in total. The first-order valence-corrected chi connectivity index (χ1v) is 12.8. The third-order valence-corrected chi connectivity index (χ3v) is 6.25. The Balaban J connectivity index is 0.000000457. The number of nitrogens with two attached hydrogens (primary N) is 1. The highest BCUT2D eigenvalue weighted by Gasteiger charge is 2.42. The van der Waals surface area contributed by atoms with Crippen molar-refractivity contribution >= 4 is 146 Å². The third-order valence-electron chi connectivity index (χ3n) is 6.25. The van der Waals surface area contributed by atoms with Crippen LogP contribution >= 0.6 is 0 Å². The summed E-state index contributed by atoms with van der Waals surface area (Å²) < 4.78 is 43.1. The van der Waals surface area contributed by atoms with E-state index in [0.717, 1.165) is 12.1 Å². The number of hydrogen-bond acceptors (Lipinski definition) is 3. The molecule has 1 amide bonds. The summed E-state index contributed by atoms with van der Waals surface area (Å²) in [6, 6.07) is 10.7. The minimum absolute atomic E-state index is 0.254. The third kappa shape index (κ3) is 13.3. The lowest BCUT2D eigenvalue weighted by Gasteiger charge is -2.40. The van der Waals surface area contributed by atoms with Gasteiger partial charge in [0, 0.05) is 134 Å². The molecule has 0 fully saturated rings. The first-order valence-electron chi connectivity index (χ1n) is 12.8. The number of hydrogen-bond donors (Lipinski definition) is 1. The van der Waals surface area contributed by atoms with Gasteiger partial charge in [-0.15, -0.1) is 0 Å². The molecule has 0 aliphatic carbocycles. The van der Waals surface area contributed by atoms with Crippen molar-refractivity contribution in [3.05, 3.63) is 71.3 Å². The fourth-order valence-corrected chi connectivity index (χ4v) is 4.29. The number of allylic oxidation sites excluding steroid dienone is 1. The van der Waals surface area contributed by atoms with Crippen molar-refractivity contribution in [2.45, 2.75) is 6.18 Å². The Morgan fingerprint density at radius 1 is 0.744 bits per heavy atom. The van der Waals surface area contributed by atoms with E-state index in [9.17, 15) is 22.8 Å². The molecule has 20 radical (unpaired) electrons. The maximum atomic E-state index is 12.7. The van der Waals surface area contributed by atoms with E-state index < -0.39 is 74.5 Å².